The maximum Gasteiger partial charge on any atom is 0.261 e. The molecular weight excluding hydrogens is 288 g/mol. The van der Waals surface area contributed by atoms with Crippen LogP contribution in [0.3, 0.4) is 0 Å². The molecule has 0 aromatic carbocycles. The van der Waals surface area contributed by atoms with Crippen molar-refractivity contribution < 1.29 is 14.7 Å². The highest BCUT2D eigenvalue weighted by Gasteiger charge is 2.29. The van der Waals surface area contributed by atoms with Gasteiger partial charge in [-0.15, -0.1) is 11.3 Å². The van der Waals surface area contributed by atoms with Gasteiger partial charge in [0, 0.05) is 13.1 Å². The molecule has 2 unspecified atom stereocenters. The maximum absolute atomic E-state index is 12.4. The normalized spacial score (nSPS) is 24.2. The van der Waals surface area contributed by atoms with Crippen LogP contribution in [0.15, 0.2) is 17.5 Å². The first-order valence-corrected chi connectivity index (χ1v) is 8.12. The molecule has 0 radical (unpaired) electrons. The first-order chi connectivity index (χ1) is 9.89. The standard InChI is InChI=1S/C15H22N2O3S/c1-11(16-13(18)12-5-3-10-21-12)14(19)17-8-4-6-15(2,20)7-9-17/h3,5,10-11,20H,4,6-9H2,1-2H3,(H,16,18). The number of nitrogens with one attached hydrogen (secondary N) is 1. The Labute approximate surface area is 129 Å². The maximum atomic E-state index is 12.4. The third-order valence-corrected chi connectivity index (χ3v) is 4.71. The second kappa shape index (κ2) is 6.58. The molecule has 6 heteroatoms. The van der Waals surface area contributed by atoms with Crippen molar-refractivity contribution in [2.45, 2.75) is 44.8 Å². The predicted molar refractivity (Wildman–Crippen MR) is 82.3 cm³/mol. The van der Waals surface area contributed by atoms with Crippen LogP contribution in [-0.4, -0.2) is 46.6 Å². The summed E-state index contributed by atoms with van der Waals surface area (Å²) in [4.78, 5) is 26.7. The summed E-state index contributed by atoms with van der Waals surface area (Å²) in [5.41, 5.74) is -0.696. The quantitative estimate of drug-likeness (QED) is 0.891. The molecule has 0 spiro atoms. The Bertz CT molecular complexity index is 499. The molecule has 1 aliphatic heterocycles. The van der Waals surface area contributed by atoms with Gasteiger partial charge >= 0.3 is 0 Å². The number of likely N-dealkylation sites (tertiary alicyclic amines) is 1. The van der Waals surface area contributed by atoms with Crippen molar-refractivity contribution in [2.24, 2.45) is 0 Å². The van der Waals surface area contributed by atoms with Crippen LogP contribution in [0.25, 0.3) is 0 Å². The van der Waals surface area contributed by atoms with Crippen molar-refractivity contribution in [2.75, 3.05) is 13.1 Å². The number of carbonyl (C=O) groups excluding carboxylic acids is 2. The Hall–Kier alpha value is -1.40. The van der Waals surface area contributed by atoms with E-state index >= 15 is 0 Å². The van der Waals surface area contributed by atoms with E-state index in [0.29, 0.717) is 30.8 Å². The molecule has 0 saturated carbocycles. The number of rotatable bonds is 3. The van der Waals surface area contributed by atoms with Crippen LogP contribution in [0.4, 0.5) is 0 Å². The van der Waals surface area contributed by atoms with Gasteiger partial charge in [0.25, 0.3) is 5.91 Å². The molecule has 2 heterocycles. The van der Waals surface area contributed by atoms with E-state index in [2.05, 4.69) is 5.32 Å². The molecule has 21 heavy (non-hydrogen) atoms. The Balaban J connectivity index is 1.91. The van der Waals surface area contributed by atoms with Crippen LogP contribution in [0.1, 0.15) is 42.8 Å². The smallest absolute Gasteiger partial charge is 0.261 e. The average Bonchev–Trinajstić information content (AvgIpc) is 2.89. The highest BCUT2D eigenvalue weighted by atomic mass is 32.1. The zero-order chi connectivity index (χ0) is 15.5. The lowest BCUT2D eigenvalue weighted by atomic mass is 9.98. The van der Waals surface area contributed by atoms with E-state index in [0.717, 1.165) is 6.42 Å². The van der Waals surface area contributed by atoms with E-state index in [1.54, 1.807) is 17.9 Å². The average molecular weight is 310 g/mol. The SMILES string of the molecule is CC(NC(=O)c1cccs1)C(=O)N1CCCC(C)(O)CC1. The highest BCUT2D eigenvalue weighted by Crippen LogP contribution is 2.21. The summed E-state index contributed by atoms with van der Waals surface area (Å²) in [6.07, 6.45) is 2.06. The number of aliphatic hydroxyl groups is 1. The number of nitrogens with zero attached hydrogens (tertiary/aromatic N) is 1. The zero-order valence-electron chi connectivity index (χ0n) is 12.5. The molecule has 2 N–H and O–H groups in total. The van der Waals surface area contributed by atoms with Crippen LogP contribution in [0.5, 0.6) is 0 Å². The monoisotopic (exact) mass is 310 g/mol. The van der Waals surface area contributed by atoms with Crippen LogP contribution in [0.2, 0.25) is 0 Å². The Morgan fingerprint density at radius 1 is 1.43 bits per heavy atom. The molecule has 1 saturated heterocycles. The van der Waals surface area contributed by atoms with E-state index < -0.39 is 11.6 Å². The first-order valence-electron chi connectivity index (χ1n) is 7.24. The molecular formula is C15H22N2O3S. The molecule has 0 aliphatic carbocycles. The van der Waals surface area contributed by atoms with Crippen LogP contribution in [0, 0.1) is 0 Å². The van der Waals surface area contributed by atoms with Gasteiger partial charge in [0.1, 0.15) is 6.04 Å². The molecule has 1 aromatic heterocycles. The summed E-state index contributed by atoms with van der Waals surface area (Å²) in [6, 6.07) is 2.99. The first kappa shape index (κ1) is 16.0. The van der Waals surface area contributed by atoms with Crippen LogP contribution >= 0.6 is 11.3 Å². The van der Waals surface area contributed by atoms with Gasteiger partial charge in [0.05, 0.1) is 10.5 Å². The summed E-state index contributed by atoms with van der Waals surface area (Å²) in [5.74, 6) is -0.301. The molecule has 0 bridgehead atoms. The Morgan fingerprint density at radius 3 is 2.86 bits per heavy atom. The summed E-state index contributed by atoms with van der Waals surface area (Å²) in [6.45, 7) is 4.68. The van der Waals surface area contributed by atoms with Gasteiger partial charge in [-0.3, -0.25) is 9.59 Å². The molecule has 1 aliphatic rings. The van der Waals surface area contributed by atoms with Crippen molar-refractivity contribution in [1.82, 2.24) is 10.2 Å². The minimum Gasteiger partial charge on any atom is -0.390 e. The largest absolute Gasteiger partial charge is 0.390 e. The number of amides is 2. The lowest BCUT2D eigenvalue weighted by molar-refractivity contribution is -0.132. The van der Waals surface area contributed by atoms with E-state index in [1.807, 2.05) is 18.4 Å². The van der Waals surface area contributed by atoms with Gasteiger partial charge in [-0.05, 0) is 44.6 Å². The van der Waals surface area contributed by atoms with Gasteiger partial charge in [-0.25, -0.2) is 0 Å². The van der Waals surface area contributed by atoms with E-state index in [1.165, 1.54) is 11.3 Å². The van der Waals surface area contributed by atoms with E-state index in [4.69, 9.17) is 0 Å². The van der Waals surface area contributed by atoms with Gasteiger partial charge in [0.2, 0.25) is 5.91 Å². The third kappa shape index (κ3) is 4.28. The molecule has 1 aromatic rings. The van der Waals surface area contributed by atoms with Crippen molar-refractivity contribution in [3.8, 4) is 0 Å². The van der Waals surface area contributed by atoms with Gasteiger partial charge in [-0.2, -0.15) is 0 Å². The van der Waals surface area contributed by atoms with Crippen LogP contribution < -0.4 is 5.32 Å². The van der Waals surface area contributed by atoms with Crippen LogP contribution in [-0.2, 0) is 4.79 Å². The minimum atomic E-state index is -0.696. The van der Waals surface area contributed by atoms with E-state index in [9.17, 15) is 14.7 Å². The predicted octanol–water partition coefficient (Wildman–Crippen LogP) is 1.63. The van der Waals surface area contributed by atoms with Gasteiger partial charge in [-0.1, -0.05) is 6.07 Å². The number of hydrogen-bond acceptors (Lipinski definition) is 4. The molecule has 1 fully saturated rings. The third-order valence-electron chi connectivity index (χ3n) is 3.84. The molecule has 2 amide bonds. The lowest BCUT2D eigenvalue weighted by Gasteiger charge is -2.25. The summed E-state index contributed by atoms with van der Waals surface area (Å²) in [7, 11) is 0. The molecule has 2 atom stereocenters. The topological polar surface area (TPSA) is 69.6 Å². The summed E-state index contributed by atoms with van der Waals surface area (Å²) < 4.78 is 0. The summed E-state index contributed by atoms with van der Waals surface area (Å²) >= 11 is 1.35. The minimum absolute atomic E-state index is 0.0855. The van der Waals surface area contributed by atoms with Crippen molar-refractivity contribution in [3.63, 3.8) is 0 Å². The Kier molecular flexibility index (Phi) is 5.00. The second-order valence-corrected chi connectivity index (χ2v) is 6.80. The fourth-order valence-electron chi connectivity index (χ4n) is 2.49. The fourth-order valence-corrected chi connectivity index (χ4v) is 3.12. The molecule has 116 valence electrons. The van der Waals surface area contributed by atoms with E-state index in [-0.39, 0.29) is 11.8 Å². The van der Waals surface area contributed by atoms with Gasteiger partial charge in [0.15, 0.2) is 0 Å². The number of carbonyl (C=O) groups is 2. The molecule has 5 nitrogen and oxygen atoms in total. The second-order valence-electron chi connectivity index (χ2n) is 5.85. The van der Waals surface area contributed by atoms with Crippen molar-refractivity contribution in [3.05, 3.63) is 22.4 Å². The zero-order valence-corrected chi connectivity index (χ0v) is 13.3. The number of thiophene rings is 1. The fraction of sp³-hybridized carbons (Fsp3) is 0.600. The molecule has 2 rings (SSSR count). The van der Waals surface area contributed by atoms with Crippen molar-refractivity contribution >= 4 is 23.2 Å². The number of hydrogen-bond donors (Lipinski definition) is 2. The van der Waals surface area contributed by atoms with Crippen molar-refractivity contribution in [1.29, 1.82) is 0 Å². The van der Waals surface area contributed by atoms with Gasteiger partial charge < -0.3 is 15.3 Å². The lowest BCUT2D eigenvalue weighted by Crippen LogP contribution is -2.47. The highest BCUT2D eigenvalue weighted by molar-refractivity contribution is 7.12. The summed E-state index contributed by atoms with van der Waals surface area (Å²) in [5, 5.41) is 14.6. The Morgan fingerprint density at radius 2 is 2.19 bits per heavy atom.